The fourth-order valence-electron chi connectivity index (χ4n) is 3.88. The fourth-order valence-corrected chi connectivity index (χ4v) is 3.88. The average Bonchev–Trinajstić information content (AvgIpc) is 3.07. The summed E-state index contributed by atoms with van der Waals surface area (Å²) in [5.74, 6) is -11.5. The van der Waals surface area contributed by atoms with Gasteiger partial charge in [-0.1, -0.05) is 52.1 Å². The second kappa shape index (κ2) is 18.6. The molecule has 1 aliphatic carbocycles. The van der Waals surface area contributed by atoms with Crippen molar-refractivity contribution in [3.05, 3.63) is 112 Å². The fraction of sp³-hybridized carbons (Fsp3) is 0.206. The molecule has 1 unspecified atom stereocenters. The van der Waals surface area contributed by atoms with E-state index in [1.165, 1.54) is 6.07 Å². The molecule has 0 amide bonds. The van der Waals surface area contributed by atoms with E-state index in [0.717, 1.165) is 35.9 Å². The van der Waals surface area contributed by atoms with Crippen LogP contribution in [0.15, 0.2) is 107 Å². The summed E-state index contributed by atoms with van der Waals surface area (Å²) in [5.41, 5.74) is 0.749. The van der Waals surface area contributed by atoms with E-state index in [1.54, 1.807) is 19.1 Å². The molecular formula is C34H34O14. The van der Waals surface area contributed by atoms with Crippen LogP contribution in [0.2, 0.25) is 0 Å². The van der Waals surface area contributed by atoms with Gasteiger partial charge in [-0.05, 0) is 31.4 Å². The van der Waals surface area contributed by atoms with Crippen molar-refractivity contribution < 1.29 is 66.7 Å². The number of esters is 7. The van der Waals surface area contributed by atoms with E-state index in [-0.39, 0.29) is 25.0 Å². The first-order valence-electron chi connectivity index (χ1n) is 13.7. The normalized spacial score (nSPS) is 15.0. The van der Waals surface area contributed by atoms with E-state index < -0.39 is 59.5 Å². The smallest absolute Gasteiger partial charge is 0.372 e. The molecular weight excluding hydrogens is 632 g/mol. The van der Waals surface area contributed by atoms with Crippen molar-refractivity contribution in [3.63, 3.8) is 0 Å². The van der Waals surface area contributed by atoms with Crippen molar-refractivity contribution in [1.29, 1.82) is 0 Å². The zero-order chi connectivity index (χ0) is 36.5. The number of hydrogen-bond donors (Lipinski definition) is 0. The lowest BCUT2D eigenvalue weighted by atomic mass is 9.84. The minimum absolute atomic E-state index is 0.0482. The molecule has 1 atom stereocenters. The van der Waals surface area contributed by atoms with Crippen LogP contribution < -0.4 is 9.47 Å². The van der Waals surface area contributed by atoms with Gasteiger partial charge in [0.25, 0.3) is 0 Å². The van der Waals surface area contributed by atoms with Gasteiger partial charge in [0.1, 0.15) is 11.5 Å². The Morgan fingerprint density at radius 2 is 1.06 bits per heavy atom. The van der Waals surface area contributed by atoms with E-state index in [0.29, 0.717) is 17.9 Å². The number of carbonyl (C=O) groups is 7. The highest BCUT2D eigenvalue weighted by molar-refractivity contribution is 5.87. The van der Waals surface area contributed by atoms with Gasteiger partial charge in [-0.15, -0.1) is 0 Å². The molecule has 0 radical (unpaired) electrons. The number of rotatable bonds is 14. The first-order valence-corrected chi connectivity index (χ1v) is 13.7. The molecule has 1 aromatic rings. The second-order valence-corrected chi connectivity index (χ2v) is 9.12. The highest BCUT2D eigenvalue weighted by Gasteiger charge is 2.71. The first kappa shape index (κ1) is 39.7. The van der Waals surface area contributed by atoms with Gasteiger partial charge in [0, 0.05) is 55.0 Å². The molecule has 1 saturated carbocycles. The lowest BCUT2D eigenvalue weighted by Gasteiger charge is -2.50. The van der Waals surface area contributed by atoms with Crippen molar-refractivity contribution in [2.24, 2.45) is 0 Å². The Kier molecular flexibility index (Phi) is 15.4. The topological polar surface area (TPSA) is 184 Å². The van der Waals surface area contributed by atoms with E-state index >= 15 is 0 Å². The predicted molar refractivity (Wildman–Crippen MR) is 167 cm³/mol. The van der Waals surface area contributed by atoms with Crippen LogP contribution in [-0.4, -0.2) is 59.5 Å². The maximum Gasteiger partial charge on any atom is 0.372 e. The summed E-state index contributed by atoms with van der Waals surface area (Å²) in [6, 6.07) is 4.73. The highest BCUT2D eigenvalue weighted by Crippen LogP contribution is 2.47. The Morgan fingerprint density at radius 3 is 1.52 bits per heavy atom. The second-order valence-electron chi connectivity index (χ2n) is 9.12. The van der Waals surface area contributed by atoms with Crippen LogP contribution in [0.25, 0.3) is 0 Å². The molecule has 254 valence electrons. The molecule has 48 heavy (non-hydrogen) atoms. The third kappa shape index (κ3) is 10.7. The quantitative estimate of drug-likeness (QED) is 0.0919. The third-order valence-electron chi connectivity index (χ3n) is 5.98. The summed E-state index contributed by atoms with van der Waals surface area (Å²) < 4.78 is 36.2. The molecule has 0 aliphatic heterocycles. The third-order valence-corrected chi connectivity index (χ3v) is 5.98. The average molecular weight is 667 g/mol. The van der Waals surface area contributed by atoms with E-state index in [1.807, 2.05) is 0 Å². The number of aryl methyl sites for hydroxylation is 1. The maximum atomic E-state index is 12.2. The summed E-state index contributed by atoms with van der Waals surface area (Å²) in [6.07, 6.45) is 3.96. The molecule has 1 aliphatic rings. The van der Waals surface area contributed by atoms with Crippen molar-refractivity contribution in [2.45, 2.75) is 43.9 Å². The SMILES string of the molecule is C=CC(=O)OC1CCCC(OC(=O)C=C)(OC(=O)C=C)C1(OC(=O)C=C)OC(=O)C=C.C=CC(=O)Oc1ccc(C)c(OC(=O)C=C)c1. The monoisotopic (exact) mass is 666 g/mol. The predicted octanol–water partition coefficient (Wildman–Crippen LogP) is 3.76. The Balaban J connectivity index is 0.000000569. The van der Waals surface area contributed by atoms with Gasteiger partial charge in [0.15, 0.2) is 6.10 Å². The molecule has 0 N–H and O–H groups in total. The minimum atomic E-state index is -2.77. The molecule has 14 nitrogen and oxygen atoms in total. The molecule has 2 rings (SSSR count). The van der Waals surface area contributed by atoms with E-state index in [2.05, 4.69) is 46.1 Å². The lowest BCUT2D eigenvalue weighted by Crippen LogP contribution is -2.71. The number of benzene rings is 1. The van der Waals surface area contributed by atoms with E-state index in [4.69, 9.17) is 33.2 Å². The van der Waals surface area contributed by atoms with E-state index in [9.17, 15) is 33.6 Å². The van der Waals surface area contributed by atoms with Gasteiger partial charge >= 0.3 is 53.4 Å². The Labute approximate surface area is 276 Å². The van der Waals surface area contributed by atoms with Gasteiger partial charge in [0.2, 0.25) is 0 Å². The van der Waals surface area contributed by atoms with Crippen molar-refractivity contribution in [3.8, 4) is 11.5 Å². The van der Waals surface area contributed by atoms with Gasteiger partial charge in [-0.2, -0.15) is 0 Å². The molecule has 0 bridgehead atoms. The Morgan fingerprint density at radius 1 is 0.625 bits per heavy atom. The van der Waals surface area contributed by atoms with Crippen molar-refractivity contribution >= 4 is 41.8 Å². The Bertz CT molecular complexity index is 1470. The van der Waals surface area contributed by atoms with Crippen LogP contribution >= 0.6 is 0 Å². The van der Waals surface area contributed by atoms with Gasteiger partial charge in [0.05, 0.1) is 0 Å². The Hall–Kier alpha value is -6.31. The van der Waals surface area contributed by atoms with Crippen LogP contribution in [0, 0.1) is 6.92 Å². The zero-order valence-electron chi connectivity index (χ0n) is 26.1. The summed E-state index contributed by atoms with van der Waals surface area (Å²) in [6.45, 7) is 24.6. The summed E-state index contributed by atoms with van der Waals surface area (Å²) in [4.78, 5) is 82.7. The van der Waals surface area contributed by atoms with Crippen LogP contribution in [0.3, 0.4) is 0 Å². The molecule has 0 aromatic heterocycles. The minimum Gasteiger partial charge on any atom is -0.451 e. The van der Waals surface area contributed by atoms with Crippen molar-refractivity contribution in [2.75, 3.05) is 0 Å². The standard InChI is InChI=1S/C21H22O10.C13H12O4/c1-6-15(22)27-14-12-11-13-20(28-16(23)7-2,29-17(24)8-3)21(14,30-18(25)9-4)31-19(26)10-5;1-4-12(14)16-10-7-6-9(3)11(8-10)17-13(15)5-2/h6-10,14H,1-5,11-13H2;4-8H,1-2H2,3H3. The highest BCUT2D eigenvalue weighted by atomic mass is 16.8. The van der Waals surface area contributed by atoms with Crippen molar-refractivity contribution in [1.82, 2.24) is 0 Å². The first-order chi connectivity index (χ1) is 22.7. The van der Waals surface area contributed by atoms with Gasteiger partial charge in [-0.25, -0.2) is 33.6 Å². The molecule has 1 fully saturated rings. The molecule has 0 heterocycles. The summed E-state index contributed by atoms with van der Waals surface area (Å²) in [5, 5.41) is 0. The zero-order valence-corrected chi connectivity index (χ0v) is 26.1. The molecule has 1 aromatic carbocycles. The number of carbonyl (C=O) groups excluding carboxylic acids is 7. The van der Waals surface area contributed by atoms with Crippen LogP contribution in [0.5, 0.6) is 11.5 Å². The largest absolute Gasteiger partial charge is 0.451 e. The molecule has 0 spiro atoms. The van der Waals surface area contributed by atoms with Crippen LogP contribution in [0.4, 0.5) is 0 Å². The molecule has 0 saturated heterocycles. The molecule has 14 heteroatoms. The number of ether oxygens (including phenoxy) is 7. The maximum absolute atomic E-state index is 12.2. The van der Waals surface area contributed by atoms with Gasteiger partial charge in [-0.3, -0.25) is 0 Å². The lowest BCUT2D eigenvalue weighted by molar-refractivity contribution is -0.395. The summed E-state index contributed by atoms with van der Waals surface area (Å²) in [7, 11) is 0. The van der Waals surface area contributed by atoms with Crippen LogP contribution in [0.1, 0.15) is 24.8 Å². The summed E-state index contributed by atoms with van der Waals surface area (Å²) >= 11 is 0. The van der Waals surface area contributed by atoms with Crippen LogP contribution in [-0.2, 0) is 57.2 Å². The number of hydrogen-bond acceptors (Lipinski definition) is 14. The van der Waals surface area contributed by atoms with Gasteiger partial charge < -0.3 is 33.2 Å².